The summed E-state index contributed by atoms with van der Waals surface area (Å²) in [5, 5.41) is 12.9. The summed E-state index contributed by atoms with van der Waals surface area (Å²) < 4.78 is 1.66. The van der Waals surface area contributed by atoms with Crippen molar-refractivity contribution < 1.29 is 5.11 Å². The fourth-order valence-corrected chi connectivity index (χ4v) is 0.748. The van der Waals surface area contributed by atoms with Gasteiger partial charge in [-0.1, -0.05) is 0 Å². The van der Waals surface area contributed by atoms with E-state index in [2.05, 4.69) is 5.10 Å². The van der Waals surface area contributed by atoms with Crippen molar-refractivity contribution in [3.8, 4) is 0 Å². The molecule has 0 bridgehead atoms. The molecule has 0 radical (unpaired) electrons. The summed E-state index contributed by atoms with van der Waals surface area (Å²) in [6.07, 6.45) is 1.76. The molecule has 0 aliphatic heterocycles. The fourth-order valence-electron chi connectivity index (χ4n) is 0.748. The summed E-state index contributed by atoms with van der Waals surface area (Å²) in [5.74, 6) is 0.478. The summed E-state index contributed by atoms with van der Waals surface area (Å²) in [7, 11) is 0. The minimum atomic E-state index is -0.363. The number of nitrogen functional groups attached to an aromatic ring is 1. The molecule has 0 aromatic carbocycles. The maximum Gasteiger partial charge on any atom is 0.145 e. The Morgan fingerprint density at radius 2 is 2.36 bits per heavy atom. The third-order valence-electron chi connectivity index (χ3n) is 1.62. The van der Waals surface area contributed by atoms with E-state index in [1.165, 1.54) is 0 Å². The molecule has 0 atom stereocenters. The van der Waals surface area contributed by atoms with Gasteiger partial charge < -0.3 is 10.8 Å². The third kappa shape index (κ3) is 1.51. The van der Waals surface area contributed by atoms with E-state index >= 15 is 0 Å². The van der Waals surface area contributed by atoms with Gasteiger partial charge in [-0.15, -0.1) is 0 Å². The molecule has 3 N–H and O–H groups in total. The predicted octanol–water partition coefficient (Wildman–Crippen LogP) is 0.193. The number of aliphatic hydroxyl groups is 1. The second-order valence-electron chi connectivity index (χ2n) is 3.16. The lowest BCUT2D eigenvalue weighted by atomic mass is 10.1. The van der Waals surface area contributed by atoms with Crippen LogP contribution in [-0.2, 0) is 5.54 Å². The number of anilines is 1. The van der Waals surface area contributed by atoms with Crippen LogP contribution in [0.1, 0.15) is 13.8 Å². The monoisotopic (exact) mass is 155 g/mol. The predicted molar refractivity (Wildman–Crippen MR) is 43.0 cm³/mol. The first-order valence-electron chi connectivity index (χ1n) is 3.49. The van der Waals surface area contributed by atoms with Gasteiger partial charge in [0.1, 0.15) is 5.82 Å². The van der Waals surface area contributed by atoms with Crippen molar-refractivity contribution in [1.82, 2.24) is 9.78 Å². The van der Waals surface area contributed by atoms with Gasteiger partial charge in [0.25, 0.3) is 0 Å². The lowest BCUT2D eigenvalue weighted by molar-refractivity contribution is 0.152. The highest BCUT2D eigenvalue weighted by molar-refractivity contribution is 5.24. The van der Waals surface area contributed by atoms with Gasteiger partial charge >= 0.3 is 0 Å². The zero-order valence-electron chi connectivity index (χ0n) is 6.78. The van der Waals surface area contributed by atoms with Crippen LogP contribution < -0.4 is 5.73 Å². The molecule has 0 aliphatic carbocycles. The highest BCUT2D eigenvalue weighted by atomic mass is 16.3. The van der Waals surface area contributed by atoms with Crippen LogP contribution in [0.2, 0.25) is 0 Å². The first-order valence-corrected chi connectivity index (χ1v) is 3.49. The van der Waals surface area contributed by atoms with Gasteiger partial charge in [-0.2, -0.15) is 5.10 Å². The van der Waals surface area contributed by atoms with Crippen LogP contribution >= 0.6 is 0 Å². The molecule has 1 aromatic rings. The minimum absolute atomic E-state index is 0.0497. The average Bonchev–Trinajstić information content (AvgIpc) is 2.36. The Bertz CT molecular complexity index is 242. The Morgan fingerprint density at radius 3 is 2.73 bits per heavy atom. The Morgan fingerprint density at radius 1 is 1.73 bits per heavy atom. The van der Waals surface area contributed by atoms with Gasteiger partial charge in [0.15, 0.2) is 0 Å². The highest BCUT2D eigenvalue weighted by Crippen LogP contribution is 2.13. The quantitative estimate of drug-likeness (QED) is 0.641. The number of aromatic nitrogens is 2. The molecule has 62 valence electrons. The zero-order valence-corrected chi connectivity index (χ0v) is 6.78. The topological polar surface area (TPSA) is 64.1 Å². The summed E-state index contributed by atoms with van der Waals surface area (Å²) in [5.41, 5.74) is 5.05. The number of hydrogen-bond acceptors (Lipinski definition) is 3. The normalized spacial score (nSPS) is 11.9. The second kappa shape index (κ2) is 2.54. The molecular formula is C7H13N3O. The van der Waals surface area contributed by atoms with Crippen LogP contribution in [0.3, 0.4) is 0 Å². The van der Waals surface area contributed by atoms with E-state index in [1.807, 2.05) is 13.8 Å². The maximum absolute atomic E-state index is 8.96. The summed E-state index contributed by atoms with van der Waals surface area (Å²) in [6, 6.07) is 1.71. The van der Waals surface area contributed by atoms with E-state index in [0.29, 0.717) is 5.82 Å². The first-order chi connectivity index (χ1) is 5.06. The molecular weight excluding hydrogens is 142 g/mol. The molecule has 0 saturated carbocycles. The molecule has 1 rings (SSSR count). The molecule has 1 heterocycles. The van der Waals surface area contributed by atoms with Crippen LogP contribution in [0, 0.1) is 0 Å². The zero-order chi connectivity index (χ0) is 8.48. The van der Waals surface area contributed by atoms with Crippen molar-refractivity contribution in [1.29, 1.82) is 0 Å². The Hall–Kier alpha value is -1.03. The van der Waals surface area contributed by atoms with Crippen LogP contribution in [0.4, 0.5) is 5.82 Å². The molecule has 4 nitrogen and oxygen atoms in total. The number of rotatable bonds is 2. The van der Waals surface area contributed by atoms with Gasteiger partial charge in [-0.3, -0.25) is 4.68 Å². The van der Waals surface area contributed by atoms with Crippen molar-refractivity contribution in [3.63, 3.8) is 0 Å². The van der Waals surface area contributed by atoms with Crippen LogP contribution in [-0.4, -0.2) is 21.5 Å². The van der Waals surface area contributed by atoms with Gasteiger partial charge in [-0.25, -0.2) is 0 Å². The number of nitrogens with zero attached hydrogens (tertiary/aromatic N) is 2. The van der Waals surface area contributed by atoms with E-state index in [9.17, 15) is 0 Å². The van der Waals surface area contributed by atoms with E-state index in [0.717, 1.165) is 0 Å². The highest BCUT2D eigenvalue weighted by Gasteiger charge is 2.18. The van der Waals surface area contributed by atoms with Crippen LogP contribution in [0.15, 0.2) is 12.3 Å². The second-order valence-corrected chi connectivity index (χ2v) is 3.16. The molecule has 1 aromatic heterocycles. The molecule has 0 amide bonds. The van der Waals surface area contributed by atoms with Crippen molar-refractivity contribution in [3.05, 3.63) is 12.3 Å². The van der Waals surface area contributed by atoms with Gasteiger partial charge in [-0.05, 0) is 19.9 Å². The molecule has 0 fully saturated rings. The van der Waals surface area contributed by atoms with Crippen LogP contribution in [0.25, 0.3) is 0 Å². The number of nitrogens with two attached hydrogens (primary N) is 1. The fraction of sp³-hybridized carbons (Fsp3) is 0.571. The minimum Gasteiger partial charge on any atom is -0.394 e. The number of hydrogen-bond donors (Lipinski definition) is 2. The summed E-state index contributed by atoms with van der Waals surface area (Å²) in [4.78, 5) is 0. The molecule has 0 spiro atoms. The van der Waals surface area contributed by atoms with Gasteiger partial charge in [0.05, 0.1) is 12.1 Å². The first kappa shape index (κ1) is 8.07. The smallest absolute Gasteiger partial charge is 0.145 e. The SMILES string of the molecule is CC(C)(CO)n1ccc(N)n1. The van der Waals surface area contributed by atoms with Crippen molar-refractivity contribution in [2.75, 3.05) is 12.3 Å². The lowest BCUT2D eigenvalue weighted by Gasteiger charge is -2.21. The molecule has 0 unspecified atom stereocenters. The molecule has 0 saturated heterocycles. The third-order valence-corrected chi connectivity index (χ3v) is 1.62. The molecule has 11 heavy (non-hydrogen) atoms. The lowest BCUT2D eigenvalue weighted by Crippen LogP contribution is -2.30. The molecule has 0 aliphatic rings. The summed E-state index contributed by atoms with van der Waals surface area (Å²) >= 11 is 0. The maximum atomic E-state index is 8.96. The number of aliphatic hydroxyl groups excluding tert-OH is 1. The van der Waals surface area contributed by atoms with E-state index in [-0.39, 0.29) is 12.1 Å². The van der Waals surface area contributed by atoms with E-state index in [1.54, 1.807) is 16.9 Å². The van der Waals surface area contributed by atoms with Gasteiger partial charge in [0.2, 0.25) is 0 Å². The van der Waals surface area contributed by atoms with Crippen molar-refractivity contribution in [2.24, 2.45) is 0 Å². The molecule has 4 heteroatoms. The van der Waals surface area contributed by atoms with Crippen molar-refractivity contribution in [2.45, 2.75) is 19.4 Å². The van der Waals surface area contributed by atoms with E-state index in [4.69, 9.17) is 10.8 Å². The largest absolute Gasteiger partial charge is 0.394 e. The standard InChI is InChI=1S/C7H13N3O/c1-7(2,5-11)10-4-3-6(8)9-10/h3-4,11H,5H2,1-2H3,(H2,8,9). The van der Waals surface area contributed by atoms with Crippen molar-refractivity contribution >= 4 is 5.82 Å². The average molecular weight is 155 g/mol. The van der Waals surface area contributed by atoms with Crippen LogP contribution in [0.5, 0.6) is 0 Å². The van der Waals surface area contributed by atoms with E-state index < -0.39 is 0 Å². The van der Waals surface area contributed by atoms with Gasteiger partial charge in [0, 0.05) is 6.20 Å². The Kier molecular flexibility index (Phi) is 1.87. The summed E-state index contributed by atoms with van der Waals surface area (Å²) in [6.45, 7) is 3.83. The Balaban J connectivity index is 2.92. The Labute approximate surface area is 65.6 Å².